The minimum Gasteiger partial charge on any atom is -0.378 e. The van der Waals surface area contributed by atoms with Gasteiger partial charge in [-0.2, -0.15) is 0 Å². The predicted molar refractivity (Wildman–Crippen MR) is 73.9 cm³/mol. The molecule has 2 aromatic rings. The molecule has 0 saturated heterocycles. The zero-order valence-corrected chi connectivity index (χ0v) is 11.5. The molecular weight excluding hydrogens is 254 g/mol. The number of benzene rings is 1. The Kier molecular flexibility index (Phi) is 3.36. The highest BCUT2D eigenvalue weighted by Crippen LogP contribution is 2.38. The van der Waals surface area contributed by atoms with Crippen molar-refractivity contribution in [1.82, 2.24) is 15.0 Å². The van der Waals surface area contributed by atoms with Crippen LogP contribution in [0.1, 0.15) is 36.2 Å². The van der Waals surface area contributed by atoms with Crippen LogP contribution in [-0.2, 0) is 4.74 Å². The molecule has 1 aliphatic carbocycles. The lowest BCUT2D eigenvalue weighted by molar-refractivity contribution is -0.0705. The van der Waals surface area contributed by atoms with Crippen molar-refractivity contribution < 1.29 is 9.53 Å². The second kappa shape index (κ2) is 5.17. The Morgan fingerprint density at radius 3 is 2.70 bits per heavy atom. The Morgan fingerprint density at radius 2 is 2.10 bits per heavy atom. The van der Waals surface area contributed by atoms with Crippen LogP contribution in [0.4, 0.5) is 0 Å². The zero-order chi connectivity index (χ0) is 14.0. The first-order chi connectivity index (χ1) is 9.74. The van der Waals surface area contributed by atoms with Crippen LogP contribution in [0.15, 0.2) is 36.5 Å². The lowest BCUT2D eigenvalue weighted by Crippen LogP contribution is -2.41. The largest absolute Gasteiger partial charge is 0.378 e. The summed E-state index contributed by atoms with van der Waals surface area (Å²) in [5.41, 5.74) is 1.08. The van der Waals surface area contributed by atoms with Crippen LogP contribution < -0.4 is 0 Å². The van der Waals surface area contributed by atoms with Crippen molar-refractivity contribution in [1.29, 1.82) is 0 Å². The monoisotopic (exact) mass is 271 g/mol. The number of ether oxygens (including phenoxy) is 1. The molecule has 104 valence electrons. The number of aromatic nitrogens is 3. The van der Waals surface area contributed by atoms with Crippen LogP contribution in [0, 0.1) is 0 Å². The van der Waals surface area contributed by atoms with Crippen molar-refractivity contribution in [2.24, 2.45) is 0 Å². The number of carbonyl (C=O) groups excluding carboxylic acids is 1. The topological polar surface area (TPSA) is 57.0 Å². The average Bonchev–Trinajstić information content (AvgIpc) is 2.93. The van der Waals surface area contributed by atoms with Gasteiger partial charge in [0.25, 0.3) is 0 Å². The fourth-order valence-corrected chi connectivity index (χ4v) is 2.59. The predicted octanol–water partition coefficient (Wildman–Crippen LogP) is 2.41. The quantitative estimate of drug-likeness (QED) is 0.784. The standard InChI is InChI=1S/C15H17N3O2/c1-20-15(8-5-9-15)10-14(19)13-11-16-17-18(13)12-6-3-2-4-7-12/h2-4,6-7,11H,5,8-10H2,1H3. The number of rotatable bonds is 5. The van der Waals surface area contributed by atoms with Crippen molar-refractivity contribution in [2.45, 2.75) is 31.3 Å². The van der Waals surface area contributed by atoms with E-state index in [9.17, 15) is 4.79 Å². The third-order valence-electron chi connectivity index (χ3n) is 4.02. The van der Waals surface area contributed by atoms with Gasteiger partial charge in [0.1, 0.15) is 5.69 Å². The van der Waals surface area contributed by atoms with Crippen molar-refractivity contribution in [3.8, 4) is 5.69 Å². The van der Waals surface area contributed by atoms with Crippen molar-refractivity contribution in [3.63, 3.8) is 0 Å². The first-order valence-corrected chi connectivity index (χ1v) is 6.79. The van der Waals surface area contributed by atoms with E-state index in [0.29, 0.717) is 12.1 Å². The molecular formula is C15H17N3O2. The fraction of sp³-hybridized carbons (Fsp3) is 0.400. The molecule has 0 bridgehead atoms. The molecule has 3 rings (SSSR count). The van der Waals surface area contributed by atoms with Crippen molar-refractivity contribution >= 4 is 5.78 Å². The van der Waals surface area contributed by atoms with Crippen LogP contribution in [0.2, 0.25) is 0 Å². The van der Waals surface area contributed by atoms with Gasteiger partial charge < -0.3 is 4.74 Å². The van der Waals surface area contributed by atoms with E-state index < -0.39 is 0 Å². The minimum atomic E-state index is -0.275. The maximum atomic E-state index is 12.5. The summed E-state index contributed by atoms with van der Waals surface area (Å²) in [4.78, 5) is 12.5. The molecule has 1 aliphatic rings. The lowest BCUT2D eigenvalue weighted by atomic mass is 9.76. The van der Waals surface area contributed by atoms with Gasteiger partial charge in [0.2, 0.25) is 0 Å². The van der Waals surface area contributed by atoms with Gasteiger partial charge in [-0.15, -0.1) is 5.10 Å². The highest BCUT2D eigenvalue weighted by molar-refractivity contribution is 5.95. The summed E-state index contributed by atoms with van der Waals surface area (Å²) in [6.07, 6.45) is 4.93. The van der Waals surface area contributed by atoms with Crippen LogP contribution in [-0.4, -0.2) is 33.5 Å². The van der Waals surface area contributed by atoms with Crippen molar-refractivity contribution in [2.75, 3.05) is 7.11 Å². The Morgan fingerprint density at radius 1 is 1.35 bits per heavy atom. The number of ketones is 1. The third-order valence-corrected chi connectivity index (χ3v) is 4.02. The van der Waals surface area contributed by atoms with Gasteiger partial charge in [0, 0.05) is 13.5 Å². The lowest BCUT2D eigenvalue weighted by Gasteiger charge is -2.39. The second-order valence-electron chi connectivity index (χ2n) is 5.21. The number of nitrogens with zero attached hydrogens (tertiary/aromatic N) is 3. The second-order valence-corrected chi connectivity index (χ2v) is 5.21. The van der Waals surface area contributed by atoms with Crippen LogP contribution >= 0.6 is 0 Å². The summed E-state index contributed by atoms with van der Waals surface area (Å²) >= 11 is 0. The molecule has 5 nitrogen and oxygen atoms in total. The summed E-state index contributed by atoms with van der Waals surface area (Å²) in [6.45, 7) is 0. The van der Waals surface area contributed by atoms with Gasteiger partial charge in [-0.05, 0) is 31.4 Å². The first-order valence-electron chi connectivity index (χ1n) is 6.79. The van der Waals surface area contributed by atoms with E-state index in [-0.39, 0.29) is 11.4 Å². The smallest absolute Gasteiger partial charge is 0.185 e. The SMILES string of the molecule is COC1(CC(=O)c2cnnn2-c2ccccc2)CCC1. The van der Waals surface area contributed by atoms with Crippen LogP contribution in [0.25, 0.3) is 5.69 Å². The molecule has 5 heteroatoms. The van der Waals surface area contributed by atoms with Gasteiger partial charge in [0.05, 0.1) is 17.5 Å². The average molecular weight is 271 g/mol. The van der Waals surface area contributed by atoms with Crippen LogP contribution in [0.5, 0.6) is 0 Å². The van der Waals surface area contributed by atoms with E-state index in [4.69, 9.17) is 4.74 Å². The van der Waals surface area contributed by atoms with Gasteiger partial charge in [-0.1, -0.05) is 23.4 Å². The van der Waals surface area contributed by atoms with E-state index in [1.807, 2.05) is 30.3 Å². The maximum Gasteiger partial charge on any atom is 0.185 e. The summed E-state index contributed by atoms with van der Waals surface area (Å²) in [6, 6.07) is 9.56. The van der Waals surface area contributed by atoms with E-state index in [0.717, 1.165) is 24.9 Å². The highest BCUT2D eigenvalue weighted by atomic mass is 16.5. The molecule has 1 aromatic heterocycles. The molecule has 0 N–H and O–H groups in total. The Labute approximate surface area is 117 Å². The van der Waals surface area contributed by atoms with Gasteiger partial charge in [0.15, 0.2) is 5.78 Å². The number of para-hydroxylation sites is 1. The highest BCUT2D eigenvalue weighted by Gasteiger charge is 2.39. The van der Waals surface area contributed by atoms with Crippen molar-refractivity contribution in [3.05, 3.63) is 42.2 Å². The molecule has 1 fully saturated rings. The minimum absolute atomic E-state index is 0.0282. The molecule has 1 heterocycles. The number of hydrogen-bond acceptors (Lipinski definition) is 4. The Bertz CT molecular complexity index is 597. The normalized spacial score (nSPS) is 16.6. The Balaban J connectivity index is 1.85. The molecule has 0 radical (unpaired) electrons. The number of carbonyl (C=O) groups is 1. The van der Waals surface area contributed by atoms with Crippen LogP contribution in [0.3, 0.4) is 0 Å². The molecule has 0 amide bonds. The van der Waals surface area contributed by atoms with Gasteiger partial charge in [-0.25, -0.2) is 4.68 Å². The summed E-state index contributed by atoms with van der Waals surface area (Å²) in [7, 11) is 1.68. The molecule has 0 unspecified atom stereocenters. The maximum absolute atomic E-state index is 12.5. The summed E-state index contributed by atoms with van der Waals surface area (Å²) < 4.78 is 7.10. The summed E-state index contributed by atoms with van der Waals surface area (Å²) in [5, 5.41) is 7.88. The fourth-order valence-electron chi connectivity index (χ4n) is 2.59. The molecule has 1 aromatic carbocycles. The zero-order valence-electron chi connectivity index (χ0n) is 11.5. The van der Waals surface area contributed by atoms with E-state index in [1.54, 1.807) is 11.8 Å². The molecule has 0 atom stereocenters. The third kappa shape index (κ3) is 2.25. The molecule has 0 spiro atoms. The van der Waals surface area contributed by atoms with E-state index in [2.05, 4.69) is 10.3 Å². The number of hydrogen-bond donors (Lipinski definition) is 0. The molecule has 20 heavy (non-hydrogen) atoms. The molecule has 1 saturated carbocycles. The molecule has 0 aliphatic heterocycles. The Hall–Kier alpha value is -2.01. The number of Topliss-reactive ketones (excluding diaryl/α,β-unsaturated/α-hetero) is 1. The number of methoxy groups -OCH3 is 1. The van der Waals surface area contributed by atoms with Gasteiger partial charge >= 0.3 is 0 Å². The van der Waals surface area contributed by atoms with Gasteiger partial charge in [-0.3, -0.25) is 4.79 Å². The van der Waals surface area contributed by atoms with E-state index in [1.165, 1.54) is 6.20 Å². The van der Waals surface area contributed by atoms with E-state index >= 15 is 0 Å². The summed E-state index contributed by atoms with van der Waals surface area (Å²) in [5.74, 6) is 0.0282. The first kappa shape index (κ1) is 13.0.